The van der Waals surface area contributed by atoms with Gasteiger partial charge in [-0.1, -0.05) is 19.1 Å². The second-order valence-corrected chi connectivity index (χ2v) is 6.69. The van der Waals surface area contributed by atoms with Crippen molar-refractivity contribution < 1.29 is 0 Å². The molecule has 0 atom stereocenters. The Bertz CT molecular complexity index is 553. The molecule has 2 aromatic rings. The van der Waals surface area contributed by atoms with E-state index in [1.54, 1.807) is 0 Å². The minimum Gasteiger partial charge on any atom is -0.372 e. The van der Waals surface area contributed by atoms with E-state index in [0.29, 0.717) is 0 Å². The van der Waals surface area contributed by atoms with Crippen LogP contribution in [0.5, 0.6) is 0 Å². The lowest BCUT2D eigenvalue weighted by molar-refractivity contribution is 0.697. The molecule has 2 heterocycles. The summed E-state index contributed by atoms with van der Waals surface area (Å²) < 4.78 is 0. The van der Waals surface area contributed by atoms with Crippen LogP contribution in [0.2, 0.25) is 0 Å². The van der Waals surface area contributed by atoms with Crippen LogP contribution in [0.4, 0.5) is 5.69 Å². The predicted molar refractivity (Wildman–Crippen MR) is 92.1 cm³/mol. The van der Waals surface area contributed by atoms with Crippen LogP contribution < -0.4 is 10.2 Å². The van der Waals surface area contributed by atoms with Crippen molar-refractivity contribution in [1.29, 1.82) is 0 Å². The van der Waals surface area contributed by atoms with Gasteiger partial charge in [0.05, 0.1) is 0 Å². The van der Waals surface area contributed by atoms with Gasteiger partial charge < -0.3 is 10.2 Å². The standard InChI is InChI=1S/C18H24N2S/c1-2-16-9-12-21-18(16)14-19-13-15-5-7-17(8-6-15)20-10-3-4-11-20/h5-9,12,19H,2-4,10-11,13-14H2,1H3. The van der Waals surface area contributed by atoms with Crippen LogP contribution in [0.25, 0.3) is 0 Å². The second-order valence-electron chi connectivity index (χ2n) is 5.69. The Morgan fingerprint density at radius 3 is 2.52 bits per heavy atom. The van der Waals surface area contributed by atoms with Gasteiger partial charge in [0.25, 0.3) is 0 Å². The number of hydrogen-bond donors (Lipinski definition) is 1. The first-order chi connectivity index (χ1) is 10.4. The molecular formula is C18H24N2S. The number of anilines is 1. The van der Waals surface area contributed by atoms with E-state index in [9.17, 15) is 0 Å². The molecule has 1 saturated heterocycles. The highest BCUT2D eigenvalue weighted by Crippen LogP contribution is 2.21. The number of rotatable bonds is 6. The van der Waals surface area contributed by atoms with Gasteiger partial charge in [0.2, 0.25) is 0 Å². The largest absolute Gasteiger partial charge is 0.372 e. The van der Waals surface area contributed by atoms with Crippen molar-refractivity contribution in [2.75, 3.05) is 18.0 Å². The lowest BCUT2D eigenvalue weighted by Crippen LogP contribution is -2.17. The van der Waals surface area contributed by atoms with E-state index in [2.05, 4.69) is 52.9 Å². The van der Waals surface area contributed by atoms with E-state index in [1.807, 2.05) is 11.3 Å². The SMILES string of the molecule is CCc1ccsc1CNCc1ccc(N2CCCC2)cc1. The fraction of sp³-hybridized carbons (Fsp3) is 0.444. The van der Waals surface area contributed by atoms with Crippen molar-refractivity contribution in [1.82, 2.24) is 5.32 Å². The number of hydrogen-bond acceptors (Lipinski definition) is 3. The Hall–Kier alpha value is -1.32. The molecule has 112 valence electrons. The molecule has 2 nitrogen and oxygen atoms in total. The van der Waals surface area contributed by atoms with Gasteiger partial charge >= 0.3 is 0 Å². The normalized spacial score (nSPS) is 14.8. The minimum atomic E-state index is 0.946. The molecule has 21 heavy (non-hydrogen) atoms. The van der Waals surface area contributed by atoms with Crippen LogP contribution in [0.15, 0.2) is 35.7 Å². The van der Waals surface area contributed by atoms with Gasteiger partial charge in [-0.05, 0) is 54.0 Å². The highest BCUT2D eigenvalue weighted by molar-refractivity contribution is 7.10. The van der Waals surface area contributed by atoms with Crippen molar-refractivity contribution in [2.45, 2.75) is 39.3 Å². The van der Waals surface area contributed by atoms with Crippen molar-refractivity contribution >= 4 is 17.0 Å². The molecule has 1 fully saturated rings. The number of aryl methyl sites for hydroxylation is 1. The van der Waals surface area contributed by atoms with Gasteiger partial charge in [0.15, 0.2) is 0 Å². The Labute approximate surface area is 131 Å². The quantitative estimate of drug-likeness (QED) is 0.860. The van der Waals surface area contributed by atoms with Crippen molar-refractivity contribution in [3.63, 3.8) is 0 Å². The number of thiophene rings is 1. The zero-order valence-corrected chi connectivity index (χ0v) is 13.6. The molecule has 0 spiro atoms. The van der Waals surface area contributed by atoms with E-state index in [-0.39, 0.29) is 0 Å². The van der Waals surface area contributed by atoms with Crippen LogP contribution in [-0.4, -0.2) is 13.1 Å². The molecule has 0 amide bonds. The number of benzene rings is 1. The molecule has 0 radical (unpaired) electrons. The van der Waals surface area contributed by atoms with Gasteiger partial charge in [0.1, 0.15) is 0 Å². The third-order valence-electron chi connectivity index (χ3n) is 4.24. The Balaban J connectivity index is 1.51. The van der Waals surface area contributed by atoms with E-state index in [0.717, 1.165) is 19.5 Å². The molecule has 3 heteroatoms. The number of nitrogens with zero attached hydrogens (tertiary/aromatic N) is 1. The predicted octanol–water partition coefficient (Wildman–Crippen LogP) is 4.20. The molecule has 1 aromatic carbocycles. The molecule has 0 bridgehead atoms. The molecule has 0 unspecified atom stereocenters. The molecule has 1 aromatic heterocycles. The Morgan fingerprint density at radius 1 is 1.05 bits per heavy atom. The lowest BCUT2D eigenvalue weighted by atomic mass is 10.2. The van der Waals surface area contributed by atoms with Crippen molar-refractivity contribution in [2.24, 2.45) is 0 Å². The average molecular weight is 300 g/mol. The molecule has 0 saturated carbocycles. The summed E-state index contributed by atoms with van der Waals surface area (Å²) in [5.74, 6) is 0. The smallest absolute Gasteiger partial charge is 0.0366 e. The first-order valence-electron chi connectivity index (χ1n) is 7.96. The highest BCUT2D eigenvalue weighted by atomic mass is 32.1. The summed E-state index contributed by atoms with van der Waals surface area (Å²) in [6, 6.07) is 11.3. The van der Waals surface area contributed by atoms with Gasteiger partial charge in [-0.2, -0.15) is 0 Å². The summed E-state index contributed by atoms with van der Waals surface area (Å²) in [7, 11) is 0. The van der Waals surface area contributed by atoms with Crippen LogP contribution >= 0.6 is 11.3 Å². The van der Waals surface area contributed by atoms with Gasteiger partial charge in [-0.15, -0.1) is 11.3 Å². The van der Waals surface area contributed by atoms with Crippen LogP contribution in [0.3, 0.4) is 0 Å². The van der Waals surface area contributed by atoms with Gasteiger partial charge in [-0.3, -0.25) is 0 Å². The maximum atomic E-state index is 3.56. The monoisotopic (exact) mass is 300 g/mol. The molecule has 1 N–H and O–H groups in total. The second kappa shape index (κ2) is 7.10. The van der Waals surface area contributed by atoms with Crippen LogP contribution in [0.1, 0.15) is 35.8 Å². The lowest BCUT2D eigenvalue weighted by Gasteiger charge is -2.17. The molecule has 1 aliphatic heterocycles. The molecule has 3 rings (SSSR count). The zero-order valence-electron chi connectivity index (χ0n) is 12.8. The Kier molecular flexibility index (Phi) is 4.94. The summed E-state index contributed by atoms with van der Waals surface area (Å²) in [5, 5.41) is 5.76. The maximum absolute atomic E-state index is 3.56. The first kappa shape index (κ1) is 14.6. The third-order valence-corrected chi connectivity index (χ3v) is 5.20. The van der Waals surface area contributed by atoms with Crippen LogP contribution in [0, 0.1) is 0 Å². The third kappa shape index (κ3) is 3.66. The zero-order chi connectivity index (χ0) is 14.5. The Morgan fingerprint density at radius 2 is 1.81 bits per heavy atom. The molecule has 1 aliphatic rings. The van der Waals surface area contributed by atoms with Crippen molar-refractivity contribution in [3.8, 4) is 0 Å². The van der Waals surface area contributed by atoms with E-state index < -0.39 is 0 Å². The van der Waals surface area contributed by atoms with Gasteiger partial charge in [0, 0.05) is 36.7 Å². The summed E-state index contributed by atoms with van der Waals surface area (Å²) in [4.78, 5) is 3.96. The van der Waals surface area contributed by atoms with Gasteiger partial charge in [-0.25, -0.2) is 0 Å². The summed E-state index contributed by atoms with van der Waals surface area (Å²) >= 11 is 1.86. The fourth-order valence-electron chi connectivity index (χ4n) is 2.96. The number of nitrogens with one attached hydrogen (secondary N) is 1. The minimum absolute atomic E-state index is 0.946. The van der Waals surface area contributed by atoms with E-state index in [4.69, 9.17) is 0 Å². The first-order valence-corrected chi connectivity index (χ1v) is 8.84. The van der Waals surface area contributed by atoms with E-state index in [1.165, 1.54) is 47.6 Å². The topological polar surface area (TPSA) is 15.3 Å². The summed E-state index contributed by atoms with van der Waals surface area (Å²) in [6.07, 6.45) is 3.80. The molecular weight excluding hydrogens is 276 g/mol. The maximum Gasteiger partial charge on any atom is 0.0366 e. The molecule has 0 aliphatic carbocycles. The highest BCUT2D eigenvalue weighted by Gasteiger charge is 2.11. The average Bonchev–Trinajstić information content (AvgIpc) is 3.19. The fourth-order valence-corrected chi connectivity index (χ4v) is 3.90. The summed E-state index contributed by atoms with van der Waals surface area (Å²) in [5.41, 5.74) is 4.23. The van der Waals surface area contributed by atoms with E-state index >= 15 is 0 Å². The summed E-state index contributed by atoms with van der Waals surface area (Å²) in [6.45, 7) is 6.59. The van der Waals surface area contributed by atoms with Crippen LogP contribution in [-0.2, 0) is 19.5 Å². The van der Waals surface area contributed by atoms with Crippen molar-refractivity contribution in [3.05, 3.63) is 51.7 Å².